The van der Waals surface area contributed by atoms with Crippen LogP contribution in [0.5, 0.6) is 0 Å². The van der Waals surface area contributed by atoms with E-state index in [0.29, 0.717) is 18.0 Å². The van der Waals surface area contributed by atoms with E-state index >= 15 is 0 Å². The fourth-order valence-corrected chi connectivity index (χ4v) is 1.41. The van der Waals surface area contributed by atoms with Crippen molar-refractivity contribution in [2.75, 3.05) is 6.54 Å². The normalized spacial score (nSPS) is 16.5. The van der Waals surface area contributed by atoms with Gasteiger partial charge in [-0.2, -0.15) is 0 Å². The second-order valence-electron chi connectivity index (χ2n) is 3.94. The molecule has 0 aromatic rings. The van der Waals surface area contributed by atoms with Gasteiger partial charge < -0.3 is 11.1 Å². The number of nitrogens with one attached hydrogen (secondary N) is 1. The van der Waals surface area contributed by atoms with Crippen LogP contribution in [0.15, 0.2) is 0 Å². The highest BCUT2D eigenvalue weighted by Gasteiger charge is 2.12. The van der Waals surface area contributed by atoms with Crippen LogP contribution in [-0.4, -0.2) is 18.6 Å². The minimum atomic E-state index is 0.478. The Morgan fingerprint density at radius 2 is 1.83 bits per heavy atom. The maximum absolute atomic E-state index is 5.66. The summed E-state index contributed by atoms with van der Waals surface area (Å²) < 4.78 is 0. The summed E-state index contributed by atoms with van der Waals surface area (Å²) >= 11 is 0. The molecule has 2 unspecified atom stereocenters. The number of rotatable bonds is 6. The van der Waals surface area contributed by atoms with E-state index in [4.69, 9.17) is 5.73 Å². The molecule has 74 valence electrons. The smallest absolute Gasteiger partial charge is 0.0215 e. The van der Waals surface area contributed by atoms with Gasteiger partial charge >= 0.3 is 0 Å². The van der Waals surface area contributed by atoms with Gasteiger partial charge in [0.25, 0.3) is 0 Å². The van der Waals surface area contributed by atoms with E-state index in [1.54, 1.807) is 0 Å². The Bertz CT molecular complexity index is 102. The molecule has 2 heteroatoms. The molecule has 0 amide bonds. The lowest BCUT2D eigenvalue weighted by atomic mass is 10.0. The molecule has 0 saturated heterocycles. The fraction of sp³-hybridized carbons (Fsp3) is 1.00. The highest BCUT2D eigenvalue weighted by molar-refractivity contribution is 4.74. The molecule has 0 aliphatic rings. The predicted molar refractivity (Wildman–Crippen MR) is 55.2 cm³/mol. The standard InChI is InChI=1S/C10H24N2/c1-5-6-9(4)12-10(7-11)8(2)3/h8-10,12H,5-7,11H2,1-4H3. The van der Waals surface area contributed by atoms with Gasteiger partial charge in [-0.15, -0.1) is 0 Å². The molecule has 0 fully saturated rings. The van der Waals surface area contributed by atoms with Crippen LogP contribution in [0.1, 0.15) is 40.5 Å². The highest BCUT2D eigenvalue weighted by Crippen LogP contribution is 2.03. The van der Waals surface area contributed by atoms with Crippen LogP contribution in [0.2, 0.25) is 0 Å². The third-order valence-corrected chi connectivity index (χ3v) is 2.28. The average Bonchev–Trinajstić information content (AvgIpc) is 2.00. The van der Waals surface area contributed by atoms with E-state index in [1.165, 1.54) is 12.8 Å². The molecular weight excluding hydrogens is 148 g/mol. The Morgan fingerprint density at radius 3 is 2.17 bits per heavy atom. The average molecular weight is 172 g/mol. The van der Waals surface area contributed by atoms with E-state index < -0.39 is 0 Å². The quantitative estimate of drug-likeness (QED) is 0.640. The summed E-state index contributed by atoms with van der Waals surface area (Å²) in [4.78, 5) is 0. The van der Waals surface area contributed by atoms with Crippen LogP contribution >= 0.6 is 0 Å². The Balaban J connectivity index is 3.69. The number of nitrogens with two attached hydrogens (primary N) is 1. The molecule has 0 spiro atoms. The Kier molecular flexibility index (Phi) is 6.39. The van der Waals surface area contributed by atoms with Gasteiger partial charge in [-0.05, 0) is 19.3 Å². The molecule has 0 radical (unpaired) electrons. The third kappa shape index (κ3) is 4.73. The van der Waals surface area contributed by atoms with Crippen LogP contribution < -0.4 is 11.1 Å². The van der Waals surface area contributed by atoms with Crippen LogP contribution in [0.4, 0.5) is 0 Å². The number of hydrogen-bond donors (Lipinski definition) is 2. The van der Waals surface area contributed by atoms with Gasteiger partial charge in [0.05, 0.1) is 0 Å². The first-order chi connectivity index (χ1) is 5.61. The van der Waals surface area contributed by atoms with E-state index in [1.807, 2.05) is 0 Å². The van der Waals surface area contributed by atoms with Crippen molar-refractivity contribution >= 4 is 0 Å². The van der Waals surface area contributed by atoms with Gasteiger partial charge in [0.1, 0.15) is 0 Å². The van der Waals surface area contributed by atoms with Crippen molar-refractivity contribution in [1.29, 1.82) is 0 Å². The molecule has 2 atom stereocenters. The zero-order valence-corrected chi connectivity index (χ0v) is 8.93. The third-order valence-electron chi connectivity index (χ3n) is 2.28. The molecule has 0 saturated carbocycles. The Labute approximate surface area is 76.9 Å². The van der Waals surface area contributed by atoms with E-state index in [-0.39, 0.29) is 0 Å². The van der Waals surface area contributed by atoms with Gasteiger partial charge in [0, 0.05) is 18.6 Å². The Morgan fingerprint density at radius 1 is 1.25 bits per heavy atom. The molecule has 0 aliphatic carbocycles. The predicted octanol–water partition coefficient (Wildman–Crippen LogP) is 1.75. The largest absolute Gasteiger partial charge is 0.329 e. The summed E-state index contributed by atoms with van der Waals surface area (Å²) in [5.41, 5.74) is 5.66. The fourth-order valence-electron chi connectivity index (χ4n) is 1.41. The van der Waals surface area contributed by atoms with Gasteiger partial charge in [-0.3, -0.25) is 0 Å². The molecule has 2 nitrogen and oxygen atoms in total. The SMILES string of the molecule is CCCC(C)NC(CN)C(C)C. The topological polar surface area (TPSA) is 38.0 Å². The molecule has 0 aromatic carbocycles. The first kappa shape index (κ1) is 11.9. The van der Waals surface area contributed by atoms with Crippen LogP contribution in [-0.2, 0) is 0 Å². The van der Waals surface area contributed by atoms with Crippen molar-refractivity contribution in [2.24, 2.45) is 11.7 Å². The highest BCUT2D eigenvalue weighted by atomic mass is 15.0. The second-order valence-corrected chi connectivity index (χ2v) is 3.94. The minimum absolute atomic E-state index is 0.478. The van der Waals surface area contributed by atoms with Crippen LogP contribution in [0.3, 0.4) is 0 Å². The summed E-state index contributed by atoms with van der Waals surface area (Å²) in [5.74, 6) is 0.634. The first-order valence-electron chi connectivity index (χ1n) is 5.07. The van der Waals surface area contributed by atoms with Crippen molar-refractivity contribution in [2.45, 2.75) is 52.6 Å². The summed E-state index contributed by atoms with van der Waals surface area (Å²) in [6, 6.07) is 1.08. The summed E-state index contributed by atoms with van der Waals surface area (Å²) in [7, 11) is 0. The van der Waals surface area contributed by atoms with Gasteiger partial charge in [0.15, 0.2) is 0 Å². The summed E-state index contributed by atoms with van der Waals surface area (Å²) in [6.45, 7) is 9.61. The van der Waals surface area contributed by atoms with E-state index in [9.17, 15) is 0 Å². The minimum Gasteiger partial charge on any atom is -0.329 e. The van der Waals surface area contributed by atoms with Gasteiger partial charge in [-0.1, -0.05) is 27.2 Å². The van der Waals surface area contributed by atoms with E-state index in [2.05, 4.69) is 33.0 Å². The first-order valence-corrected chi connectivity index (χ1v) is 5.07. The van der Waals surface area contributed by atoms with Crippen LogP contribution in [0.25, 0.3) is 0 Å². The van der Waals surface area contributed by atoms with Crippen molar-refractivity contribution in [3.63, 3.8) is 0 Å². The molecule has 0 rings (SSSR count). The lowest BCUT2D eigenvalue weighted by Crippen LogP contribution is -2.44. The molecule has 0 aromatic heterocycles. The lowest BCUT2D eigenvalue weighted by Gasteiger charge is -2.24. The maximum Gasteiger partial charge on any atom is 0.0215 e. The monoisotopic (exact) mass is 172 g/mol. The molecule has 0 aliphatic heterocycles. The zero-order valence-electron chi connectivity index (χ0n) is 8.93. The van der Waals surface area contributed by atoms with Crippen LogP contribution in [0, 0.1) is 5.92 Å². The maximum atomic E-state index is 5.66. The Hall–Kier alpha value is -0.0800. The molecule has 3 N–H and O–H groups in total. The molecule has 0 heterocycles. The van der Waals surface area contributed by atoms with E-state index in [0.717, 1.165) is 6.54 Å². The number of hydrogen-bond acceptors (Lipinski definition) is 2. The van der Waals surface area contributed by atoms with Crippen molar-refractivity contribution in [3.8, 4) is 0 Å². The van der Waals surface area contributed by atoms with Crippen molar-refractivity contribution < 1.29 is 0 Å². The van der Waals surface area contributed by atoms with Crippen molar-refractivity contribution in [1.82, 2.24) is 5.32 Å². The zero-order chi connectivity index (χ0) is 9.56. The molecular formula is C10H24N2. The molecule has 12 heavy (non-hydrogen) atoms. The summed E-state index contributed by atoms with van der Waals surface area (Å²) in [6.07, 6.45) is 2.48. The summed E-state index contributed by atoms with van der Waals surface area (Å²) in [5, 5.41) is 3.54. The van der Waals surface area contributed by atoms with Crippen molar-refractivity contribution in [3.05, 3.63) is 0 Å². The van der Waals surface area contributed by atoms with Gasteiger partial charge in [-0.25, -0.2) is 0 Å². The molecule has 0 bridgehead atoms. The lowest BCUT2D eigenvalue weighted by molar-refractivity contribution is 0.356. The second kappa shape index (κ2) is 6.44. The van der Waals surface area contributed by atoms with Gasteiger partial charge in [0.2, 0.25) is 0 Å².